The van der Waals surface area contributed by atoms with E-state index in [9.17, 15) is 0 Å². The van der Waals surface area contributed by atoms with E-state index in [1.165, 1.54) is 12.8 Å². The summed E-state index contributed by atoms with van der Waals surface area (Å²) < 4.78 is 5.67. The minimum absolute atomic E-state index is 0.576. The molecule has 2 rings (SSSR count). The van der Waals surface area contributed by atoms with Gasteiger partial charge < -0.3 is 15.4 Å². The van der Waals surface area contributed by atoms with Gasteiger partial charge in [-0.15, -0.1) is 0 Å². The number of hydrogen-bond acceptors (Lipinski definition) is 3. The highest BCUT2D eigenvalue weighted by molar-refractivity contribution is 5.79. The zero-order valence-corrected chi connectivity index (χ0v) is 13.1. The Kier molecular flexibility index (Phi) is 6.31. The van der Waals surface area contributed by atoms with E-state index in [1.54, 1.807) is 6.20 Å². The van der Waals surface area contributed by atoms with Crippen molar-refractivity contribution in [1.82, 2.24) is 15.6 Å². The van der Waals surface area contributed by atoms with E-state index in [0.29, 0.717) is 19.0 Å². The minimum atomic E-state index is 0.576. The number of pyridine rings is 1. The second-order valence-electron chi connectivity index (χ2n) is 5.34. The predicted molar refractivity (Wildman–Crippen MR) is 85.6 cm³/mol. The number of ether oxygens (including phenoxy) is 1. The summed E-state index contributed by atoms with van der Waals surface area (Å²) in [5.41, 5.74) is 1.02. The van der Waals surface area contributed by atoms with Gasteiger partial charge in [-0.3, -0.25) is 0 Å². The molecule has 1 fully saturated rings. The Morgan fingerprint density at radius 2 is 2.24 bits per heavy atom. The molecular formula is C16H26N4O. The van der Waals surface area contributed by atoms with Gasteiger partial charge in [-0.1, -0.05) is 13.0 Å². The maximum absolute atomic E-state index is 5.67. The molecule has 0 aliphatic heterocycles. The topological polar surface area (TPSA) is 58.5 Å². The van der Waals surface area contributed by atoms with Crippen LogP contribution in [0.15, 0.2) is 23.3 Å². The summed E-state index contributed by atoms with van der Waals surface area (Å²) in [4.78, 5) is 8.92. The molecule has 0 amide bonds. The van der Waals surface area contributed by atoms with E-state index in [0.717, 1.165) is 37.0 Å². The van der Waals surface area contributed by atoms with Crippen molar-refractivity contribution in [3.63, 3.8) is 0 Å². The van der Waals surface area contributed by atoms with Crippen LogP contribution in [0.4, 0.5) is 0 Å². The number of aromatic nitrogens is 1. The van der Waals surface area contributed by atoms with Crippen molar-refractivity contribution < 1.29 is 4.74 Å². The van der Waals surface area contributed by atoms with Crippen LogP contribution >= 0.6 is 0 Å². The molecule has 0 unspecified atom stereocenters. The third kappa shape index (κ3) is 5.61. The highest BCUT2D eigenvalue weighted by atomic mass is 16.5. The lowest BCUT2D eigenvalue weighted by Crippen LogP contribution is -2.38. The van der Waals surface area contributed by atoms with Gasteiger partial charge in [0.1, 0.15) is 0 Å². The lowest BCUT2D eigenvalue weighted by molar-refractivity contribution is 0.302. The van der Waals surface area contributed by atoms with Gasteiger partial charge in [-0.05, 0) is 38.2 Å². The molecule has 0 spiro atoms. The van der Waals surface area contributed by atoms with Gasteiger partial charge in [0.05, 0.1) is 13.2 Å². The molecule has 0 aromatic carbocycles. The average Bonchev–Trinajstić information content (AvgIpc) is 3.33. The molecular weight excluding hydrogens is 264 g/mol. The minimum Gasteiger partial charge on any atom is -0.477 e. The number of guanidine groups is 1. The largest absolute Gasteiger partial charge is 0.477 e. The fourth-order valence-corrected chi connectivity index (χ4v) is 1.94. The Labute approximate surface area is 127 Å². The van der Waals surface area contributed by atoms with Crippen LogP contribution in [0.5, 0.6) is 5.88 Å². The SMILES string of the molecule is CCCOc1ncccc1CN=C(NCC)NCC1CC1. The Morgan fingerprint density at radius 1 is 1.38 bits per heavy atom. The van der Waals surface area contributed by atoms with Crippen LogP contribution < -0.4 is 15.4 Å². The van der Waals surface area contributed by atoms with Crippen LogP contribution in [-0.2, 0) is 6.54 Å². The molecule has 0 radical (unpaired) electrons. The third-order valence-corrected chi connectivity index (χ3v) is 3.30. The van der Waals surface area contributed by atoms with Crippen LogP contribution in [0.3, 0.4) is 0 Å². The van der Waals surface area contributed by atoms with Crippen molar-refractivity contribution in [3.8, 4) is 5.88 Å². The van der Waals surface area contributed by atoms with Gasteiger partial charge in [-0.25, -0.2) is 9.98 Å². The molecule has 1 heterocycles. The van der Waals surface area contributed by atoms with Crippen LogP contribution in [0.25, 0.3) is 0 Å². The average molecular weight is 290 g/mol. The molecule has 2 N–H and O–H groups in total. The van der Waals surface area contributed by atoms with E-state index in [2.05, 4.69) is 34.5 Å². The van der Waals surface area contributed by atoms with Gasteiger partial charge >= 0.3 is 0 Å². The zero-order valence-electron chi connectivity index (χ0n) is 13.1. The summed E-state index contributed by atoms with van der Waals surface area (Å²) in [5.74, 6) is 2.39. The van der Waals surface area contributed by atoms with Crippen LogP contribution in [0, 0.1) is 5.92 Å². The van der Waals surface area contributed by atoms with Crippen LogP contribution in [-0.4, -0.2) is 30.6 Å². The van der Waals surface area contributed by atoms with Crippen molar-refractivity contribution in [1.29, 1.82) is 0 Å². The lowest BCUT2D eigenvalue weighted by atomic mass is 10.3. The smallest absolute Gasteiger partial charge is 0.218 e. The Morgan fingerprint density at radius 3 is 2.95 bits per heavy atom. The van der Waals surface area contributed by atoms with E-state index in [1.807, 2.05) is 12.1 Å². The molecule has 0 atom stereocenters. The Hall–Kier alpha value is -1.78. The first kappa shape index (κ1) is 15.6. The summed E-state index contributed by atoms with van der Waals surface area (Å²) in [6.07, 6.45) is 5.41. The van der Waals surface area contributed by atoms with Crippen molar-refractivity contribution >= 4 is 5.96 Å². The fraction of sp³-hybridized carbons (Fsp3) is 0.625. The molecule has 1 aromatic rings. The molecule has 0 bridgehead atoms. The fourth-order valence-electron chi connectivity index (χ4n) is 1.94. The number of aliphatic imine (C=N–C) groups is 1. The second kappa shape index (κ2) is 8.49. The molecule has 1 aliphatic carbocycles. The van der Waals surface area contributed by atoms with E-state index in [4.69, 9.17) is 4.74 Å². The summed E-state index contributed by atoms with van der Waals surface area (Å²) in [5, 5.41) is 6.67. The summed E-state index contributed by atoms with van der Waals surface area (Å²) in [7, 11) is 0. The van der Waals surface area contributed by atoms with E-state index >= 15 is 0 Å². The first-order valence-corrected chi connectivity index (χ1v) is 7.92. The van der Waals surface area contributed by atoms with Gasteiger partial charge in [-0.2, -0.15) is 0 Å². The first-order valence-electron chi connectivity index (χ1n) is 7.92. The molecule has 116 valence electrons. The zero-order chi connectivity index (χ0) is 14.9. The highest BCUT2D eigenvalue weighted by Crippen LogP contribution is 2.27. The molecule has 21 heavy (non-hydrogen) atoms. The number of nitrogens with one attached hydrogen (secondary N) is 2. The molecule has 5 nitrogen and oxygen atoms in total. The summed E-state index contributed by atoms with van der Waals surface area (Å²) >= 11 is 0. The van der Waals surface area contributed by atoms with Gasteiger partial charge in [0, 0.05) is 24.8 Å². The predicted octanol–water partition coefficient (Wildman–Crippen LogP) is 2.34. The van der Waals surface area contributed by atoms with Crippen LogP contribution in [0.1, 0.15) is 38.7 Å². The standard InChI is InChI=1S/C16H26N4O/c1-3-10-21-15-14(6-5-9-18-15)12-20-16(17-4-2)19-11-13-7-8-13/h5-6,9,13H,3-4,7-8,10-12H2,1-2H3,(H2,17,19,20). The number of rotatable bonds is 8. The van der Waals surface area contributed by atoms with E-state index < -0.39 is 0 Å². The quantitative estimate of drug-likeness (QED) is 0.570. The monoisotopic (exact) mass is 290 g/mol. The number of nitrogens with zero attached hydrogens (tertiary/aromatic N) is 2. The highest BCUT2D eigenvalue weighted by Gasteiger charge is 2.21. The summed E-state index contributed by atoms with van der Waals surface area (Å²) in [6.45, 7) is 7.31. The van der Waals surface area contributed by atoms with Gasteiger partial charge in [0.25, 0.3) is 0 Å². The van der Waals surface area contributed by atoms with Crippen molar-refractivity contribution in [3.05, 3.63) is 23.9 Å². The Bertz CT molecular complexity index is 457. The number of hydrogen-bond donors (Lipinski definition) is 2. The first-order chi connectivity index (χ1) is 10.3. The summed E-state index contributed by atoms with van der Waals surface area (Å²) in [6, 6.07) is 3.94. The Balaban J connectivity index is 1.94. The van der Waals surface area contributed by atoms with Crippen molar-refractivity contribution in [2.24, 2.45) is 10.9 Å². The maximum atomic E-state index is 5.67. The molecule has 1 saturated carbocycles. The molecule has 1 aromatic heterocycles. The van der Waals surface area contributed by atoms with Crippen molar-refractivity contribution in [2.45, 2.75) is 39.7 Å². The van der Waals surface area contributed by atoms with Gasteiger partial charge in [0.2, 0.25) is 5.88 Å². The molecule has 1 aliphatic rings. The molecule has 0 saturated heterocycles. The van der Waals surface area contributed by atoms with Crippen LogP contribution in [0.2, 0.25) is 0 Å². The maximum Gasteiger partial charge on any atom is 0.218 e. The normalized spacial score (nSPS) is 14.9. The second-order valence-corrected chi connectivity index (χ2v) is 5.34. The van der Waals surface area contributed by atoms with Crippen molar-refractivity contribution in [2.75, 3.05) is 19.7 Å². The van der Waals surface area contributed by atoms with Gasteiger partial charge in [0.15, 0.2) is 5.96 Å². The lowest BCUT2D eigenvalue weighted by Gasteiger charge is -2.12. The third-order valence-electron chi connectivity index (χ3n) is 3.30. The van der Waals surface area contributed by atoms with E-state index in [-0.39, 0.29) is 0 Å². The molecule has 5 heteroatoms.